The van der Waals surface area contributed by atoms with Gasteiger partial charge in [0.25, 0.3) is 0 Å². The third-order valence-corrected chi connectivity index (χ3v) is 7.50. The van der Waals surface area contributed by atoms with Crippen molar-refractivity contribution in [3.05, 3.63) is 45.8 Å². The molecule has 1 aromatic heterocycles. The number of carbonyl (C=O) groups excluding carboxylic acids is 2. The van der Waals surface area contributed by atoms with Gasteiger partial charge < -0.3 is 4.74 Å². The number of halogens is 3. The number of fused-ring (bicyclic) bond motifs is 1. The molecule has 0 spiro atoms. The zero-order valence-corrected chi connectivity index (χ0v) is 17.3. The minimum absolute atomic E-state index is 0.0669. The van der Waals surface area contributed by atoms with E-state index >= 15 is 0 Å². The molecule has 0 atom stereocenters. The van der Waals surface area contributed by atoms with Crippen LogP contribution in [0.3, 0.4) is 0 Å². The summed E-state index contributed by atoms with van der Waals surface area (Å²) in [5.74, 6) is -1.36. The van der Waals surface area contributed by atoms with Crippen LogP contribution in [0.15, 0.2) is 28.5 Å². The number of hydrogen-bond donors (Lipinski definition) is 0. The SMILES string of the molecule is CC1(C)CC(=O)c2c(S(C)(=O)=O)sc(C(=O)c3ccc(OC(F)(F)F)cc3)c2C1. The number of carbonyl (C=O) groups is 2. The van der Waals surface area contributed by atoms with Crippen molar-refractivity contribution in [2.45, 2.75) is 37.3 Å². The maximum Gasteiger partial charge on any atom is 0.573 e. The number of benzene rings is 1. The Morgan fingerprint density at radius 3 is 2.24 bits per heavy atom. The largest absolute Gasteiger partial charge is 0.573 e. The minimum atomic E-state index is -4.85. The van der Waals surface area contributed by atoms with Gasteiger partial charge in [-0.25, -0.2) is 8.42 Å². The molecule has 0 saturated heterocycles. The van der Waals surface area contributed by atoms with Crippen LogP contribution in [0.1, 0.15) is 51.4 Å². The van der Waals surface area contributed by atoms with Gasteiger partial charge in [0.15, 0.2) is 15.6 Å². The first kappa shape index (κ1) is 21.5. The lowest BCUT2D eigenvalue weighted by atomic mass is 9.74. The fourth-order valence-electron chi connectivity index (χ4n) is 3.34. The van der Waals surface area contributed by atoms with Gasteiger partial charge in [-0.15, -0.1) is 24.5 Å². The van der Waals surface area contributed by atoms with Gasteiger partial charge in [-0.05, 0) is 41.7 Å². The molecule has 0 aliphatic heterocycles. The molecule has 3 rings (SSSR count). The Kier molecular flexibility index (Phi) is 5.15. The summed E-state index contributed by atoms with van der Waals surface area (Å²) in [5, 5.41) is 0. The highest BCUT2D eigenvalue weighted by Crippen LogP contribution is 2.44. The zero-order valence-electron chi connectivity index (χ0n) is 15.7. The average Bonchev–Trinajstić information content (AvgIpc) is 2.92. The van der Waals surface area contributed by atoms with Crippen molar-refractivity contribution in [2.24, 2.45) is 5.41 Å². The van der Waals surface area contributed by atoms with E-state index < -0.39 is 33.1 Å². The number of ketones is 2. The molecular formula is C19H17F3O5S2. The number of thiophene rings is 1. The maximum absolute atomic E-state index is 13.0. The second kappa shape index (κ2) is 6.94. The highest BCUT2D eigenvalue weighted by molar-refractivity contribution is 7.92. The first-order valence-corrected chi connectivity index (χ1v) is 11.2. The van der Waals surface area contributed by atoms with E-state index in [-0.39, 0.29) is 32.4 Å². The standard InChI is InChI=1S/C19H17F3O5S2/c1-18(2)8-12-14(13(23)9-18)17(29(3,25)26)28-16(12)15(24)10-4-6-11(7-5-10)27-19(20,21)22/h4-7H,8-9H2,1-3H3. The van der Waals surface area contributed by atoms with Crippen molar-refractivity contribution in [1.29, 1.82) is 0 Å². The number of sulfone groups is 1. The maximum atomic E-state index is 13.0. The predicted molar refractivity (Wildman–Crippen MR) is 100 cm³/mol. The van der Waals surface area contributed by atoms with Gasteiger partial charge in [-0.1, -0.05) is 13.8 Å². The Balaban J connectivity index is 2.07. The van der Waals surface area contributed by atoms with E-state index in [1.54, 1.807) is 0 Å². The van der Waals surface area contributed by atoms with E-state index in [1.807, 2.05) is 13.8 Å². The molecule has 2 aromatic rings. The van der Waals surface area contributed by atoms with Crippen LogP contribution >= 0.6 is 11.3 Å². The third kappa shape index (κ3) is 4.53. The van der Waals surface area contributed by atoms with Crippen LogP contribution in [0.4, 0.5) is 13.2 Å². The summed E-state index contributed by atoms with van der Waals surface area (Å²) in [5.41, 5.74) is 0.0771. The molecule has 0 saturated carbocycles. The van der Waals surface area contributed by atoms with Crippen LogP contribution in [0.2, 0.25) is 0 Å². The Bertz CT molecular complexity index is 1090. The van der Waals surface area contributed by atoms with Crippen molar-refractivity contribution >= 4 is 32.7 Å². The van der Waals surface area contributed by atoms with E-state index in [9.17, 15) is 31.2 Å². The van der Waals surface area contributed by atoms with E-state index in [4.69, 9.17) is 0 Å². The summed E-state index contributed by atoms with van der Waals surface area (Å²) in [7, 11) is -3.74. The van der Waals surface area contributed by atoms with Gasteiger partial charge >= 0.3 is 6.36 Å². The van der Waals surface area contributed by atoms with Crippen LogP contribution in [0.5, 0.6) is 5.75 Å². The Hall–Kier alpha value is -2.20. The second-order valence-electron chi connectivity index (χ2n) is 7.69. The normalized spacial score (nSPS) is 16.4. The van der Waals surface area contributed by atoms with Crippen molar-refractivity contribution in [2.75, 3.05) is 6.26 Å². The molecule has 1 heterocycles. The van der Waals surface area contributed by atoms with Gasteiger partial charge in [-0.3, -0.25) is 9.59 Å². The van der Waals surface area contributed by atoms with E-state index in [2.05, 4.69) is 4.74 Å². The minimum Gasteiger partial charge on any atom is -0.406 e. The molecule has 0 fully saturated rings. The van der Waals surface area contributed by atoms with Crippen LogP contribution in [0.25, 0.3) is 0 Å². The molecule has 0 amide bonds. The molecule has 5 nitrogen and oxygen atoms in total. The monoisotopic (exact) mass is 446 g/mol. The van der Waals surface area contributed by atoms with Gasteiger partial charge in [-0.2, -0.15) is 0 Å². The summed E-state index contributed by atoms with van der Waals surface area (Å²) in [6.07, 6.45) is -3.37. The third-order valence-electron chi connectivity index (χ3n) is 4.44. The van der Waals surface area contributed by atoms with Crippen LogP contribution in [-0.2, 0) is 16.3 Å². The molecule has 1 aliphatic carbocycles. The highest BCUT2D eigenvalue weighted by atomic mass is 32.2. The molecule has 0 bridgehead atoms. The quantitative estimate of drug-likeness (QED) is 0.649. The molecular weight excluding hydrogens is 429 g/mol. The Morgan fingerprint density at radius 2 is 1.72 bits per heavy atom. The van der Waals surface area contributed by atoms with Gasteiger partial charge in [0.1, 0.15) is 9.96 Å². The number of alkyl halides is 3. The van der Waals surface area contributed by atoms with Crippen LogP contribution in [-0.4, -0.2) is 32.6 Å². The van der Waals surface area contributed by atoms with E-state index in [0.717, 1.165) is 29.7 Å². The fourth-order valence-corrected chi connectivity index (χ4v) is 5.84. The lowest BCUT2D eigenvalue weighted by molar-refractivity contribution is -0.274. The summed E-state index contributed by atoms with van der Waals surface area (Å²) in [4.78, 5) is 25.8. The van der Waals surface area contributed by atoms with Gasteiger partial charge in [0, 0.05) is 18.2 Å². The summed E-state index contributed by atoms with van der Waals surface area (Å²) in [6, 6.07) is 4.36. The van der Waals surface area contributed by atoms with E-state index in [0.29, 0.717) is 12.0 Å². The molecule has 0 unspecified atom stereocenters. The molecule has 0 N–H and O–H groups in total. The summed E-state index contributed by atoms with van der Waals surface area (Å²) in [6.45, 7) is 3.70. The Morgan fingerprint density at radius 1 is 1.14 bits per heavy atom. The molecule has 156 valence electrons. The highest BCUT2D eigenvalue weighted by Gasteiger charge is 2.39. The smallest absolute Gasteiger partial charge is 0.406 e. The molecule has 1 aliphatic rings. The zero-order chi connectivity index (χ0) is 21.8. The van der Waals surface area contributed by atoms with Crippen molar-refractivity contribution in [3.63, 3.8) is 0 Å². The van der Waals surface area contributed by atoms with E-state index in [1.165, 1.54) is 12.1 Å². The van der Waals surface area contributed by atoms with Crippen molar-refractivity contribution in [1.82, 2.24) is 0 Å². The molecule has 10 heteroatoms. The second-order valence-corrected chi connectivity index (χ2v) is 10.9. The number of hydrogen-bond acceptors (Lipinski definition) is 6. The predicted octanol–water partition coefficient (Wildman–Crippen LogP) is 4.44. The summed E-state index contributed by atoms with van der Waals surface area (Å²) >= 11 is 0.734. The first-order chi connectivity index (χ1) is 13.2. The topological polar surface area (TPSA) is 77.5 Å². The van der Waals surface area contributed by atoms with Gasteiger partial charge in [0.05, 0.1) is 10.4 Å². The Labute approximate surface area is 169 Å². The number of ether oxygens (including phenoxy) is 1. The first-order valence-electron chi connectivity index (χ1n) is 8.47. The molecule has 29 heavy (non-hydrogen) atoms. The lowest BCUT2D eigenvalue weighted by Gasteiger charge is -2.29. The van der Waals surface area contributed by atoms with Crippen molar-refractivity contribution < 1.29 is 35.9 Å². The lowest BCUT2D eigenvalue weighted by Crippen LogP contribution is -2.28. The van der Waals surface area contributed by atoms with Crippen LogP contribution in [0, 0.1) is 5.41 Å². The fraction of sp³-hybridized carbons (Fsp3) is 0.368. The molecule has 0 radical (unpaired) electrons. The van der Waals surface area contributed by atoms with Gasteiger partial charge in [0.2, 0.25) is 5.78 Å². The van der Waals surface area contributed by atoms with Crippen molar-refractivity contribution in [3.8, 4) is 5.75 Å². The molecule has 1 aromatic carbocycles. The number of Topliss-reactive ketones (excluding diaryl/α,β-unsaturated/α-hetero) is 1. The number of rotatable bonds is 4. The van der Waals surface area contributed by atoms with Crippen LogP contribution < -0.4 is 4.74 Å². The summed E-state index contributed by atoms with van der Waals surface area (Å²) < 4.78 is 64.9. The average molecular weight is 446 g/mol.